The molecule has 0 radical (unpaired) electrons. The Bertz CT molecular complexity index is 466. The molecule has 1 aliphatic rings. The van der Waals surface area contributed by atoms with Crippen LogP contribution in [-0.2, 0) is 0 Å². The summed E-state index contributed by atoms with van der Waals surface area (Å²) >= 11 is 0. The fourth-order valence-corrected chi connectivity index (χ4v) is 3.74. The molecule has 1 heteroatoms. The largest absolute Gasteiger partial charge is 0.286 e. The highest BCUT2D eigenvalue weighted by Crippen LogP contribution is 2.43. The van der Waals surface area contributed by atoms with Crippen molar-refractivity contribution in [2.45, 2.75) is 72.3 Å². The Morgan fingerprint density at radius 1 is 1.20 bits per heavy atom. The molecule has 0 aromatic heterocycles. The van der Waals surface area contributed by atoms with E-state index in [0.29, 0.717) is 11.5 Å². The summed E-state index contributed by atoms with van der Waals surface area (Å²) in [5.74, 6) is 0. The number of benzene rings is 1. The van der Waals surface area contributed by atoms with Gasteiger partial charge in [-0.15, -0.1) is 0 Å². The zero-order chi connectivity index (χ0) is 14.6. The minimum Gasteiger partial charge on any atom is -0.286 e. The third-order valence-electron chi connectivity index (χ3n) is 5.29. The van der Waals surface area contributed by atoms with E-state index in [1.165, 1.54) is 48.9 Å². The van der Waals surface area contributed by atoms with Crippen LogP contribution >= 0.6 is 0 Å². The summed E-state index contributed by atoms with van der Waals surface area (Å²) in [6, 6.07) is 9.04. The van der Waals surface area contributed by atoms with E-state index in [2.05, 4.69) is 52.0 Å². The van der Waals surface area contributed by atoms with E-state index < -0.39 is 0 Å². The van der Waals surface area contributed by atoms with Crippen molar-refractivity contribution in [1.82, 2.24) is 0 Å². The molecule has 1 aromatic carbocycles. The van der Waals surface area contributed by atoms with Crippen LogP contribution in [0.5, 0.6) is 0 Å². The number of aliphatic imine (C=N–C) groups is 1. The number of aryl methyl sites for hydroxylation is 1. The van der Waals surface area contributed by atoms with E-state index >= 15 is 0 Å². The lowest BCUT2D eigenvalue weighted by Crippen LogP contribution is -2.25. The van der Waals surface area contributed by atoms with E-state index in [-0.39, 0.29) is 0 Å². The van der Waals surface area contributed by atoms with Crippen LogP contribution in [0.4, 0.5) is 0 Å². The molecule has 1 fully saturated rings. The van der Waals surface area contributed by atoms with Crippen molar-refractivity contribution in [3.8, 4) is 0 Å². The van der Waals surface area contributed by atoms with Crippen molar-refractivity contribution in [1.29, 1.82) is 0 Å². The summed E-state index contributed by atoms with van der Waals surface area (Å²) in [6.45, 7) is 9.06. The average molecular weight is 271 g/mol. The van der Waals surface area contributed by atoms with Crippen molar-refractivity contribution in [3.63, 3.8) is 0 Å². The van der Waals surface area contributed by atoms with Gasteiger partial charge in [0.25, 0.3) is 0 Å². The zero-order valence-electron chi connectivity index (χ0n) is 13.6. The molecule has 1 aromatic rings. The molecule has 1 saturated carbocycles. The highest BCUT2D eigenvalue weighted by atomic mass is 14.8. The first-order chi connectivity index (χ1) is 9.63. The molecule has 1 unspecified atom stereocenters. The fraction of sp³-hybridized carbons (Fsp3) is 0.632. The molecular formula is C19H29N. The quantitative estimate of drug-likeness (QED) is 0.593. The second-order valence-electron chi connectivity index (χ2n) is 6.34. The van der Waals surface area contributed by atoms with E-state index in [1.807, 2.05) is 0 Å². The average Bonchev–Trinajstić information content (AvgIpc) is 2.95. The first-order valence-corrected chi connectivity index (χ1v) is 8.23. The van der Waals surface area contributed by atoms with Crippen LogP contribution in [0, 0.1) is 12.3 Å². The Kier molecular flexibility index (Phi) is 5.01. The number of nitrogens with zero attached hydrogens (tertiary/aromatic N) is 1. The van der Waals surface area contributed by atoms with Crippen molar-refractivity contribution in [2.24, 2.45) is 10.4 Å². The summed E-state index contributed by atoms with van der Waals surface area (Å²) in [5, 5.41) is 0. The highest BCUT2D eigenvalue weighted by Gasteiger charge is 2.35. The minimum absolute atomic E-state index is 0.334. The van der Waals surface area contributed by atoms with E-state index in [9.17, 15) is 0 Å². The van der Waals surface area contributed by atoms with Gasteiger partial charge in [0.1, 0.15) is 0 Å². The Balaban J connectivity index is 2.29. The van der Waals surface area contributed by atoms with Crippen molar-refractivity contribution in [3.05, 3.63) is 35.4 Å². The van der Waals surface area contributed by atoms with Crippen LogP contribution in [-0.4, -0.2) is 5.71 Å². The fourth-order valence-electron chi connectivity index (χ4n) is 3.74. The van der Waals surface area contributed by atoms with Crippen LogP contribution in [0.15, 0.2) is 29.3 Å². The molecule has 0 spiro atoms. The van der Waals surface area contributed by atoms with Gasteiger partial charge in [-0.3, -0.25) is 4.99 Å². The molecule has 1 atom stereocenters. The highest BCUT2D eigenvalue weighted by molar-refractivity contribution is 5.88. The summed E-state index contributed by atoms with van der Waals surface area (Å²) in [5.41, 5.74) is 4.56. The maximum absolute atomic E-state index is 5.17. The van der Waals surface area contributed by atoms with E-state index in [1.54, 1.807) is 0 Å². The second kappa shape index (κ2) is 6.56. The Morgan fingerprint density at radius 2 is 1.85 bits per heavy atom. The molecule has 0 amide bonds. The predicted molar refractivity (Wildman–Crippen MR) is 88.5 cm³/mol. The minimum atomic E-state index is 0.334. The Labute approximate surface area is 124 Å². The summed E-state index contributed by atoms with van der Waals surface area (Å²) in [6.07, 6.45) is 7.75. The summed E-state index contributed by atoms with van der Waals surface area (Å²) < 4.78 is 0. The lowest BCUT2D eigenvalue weighted by molar-refractivity contribution is 0.412. The van der Waals surface area contributed by atoms with Gasteiger partial charge in [-0.05, 0) is 50.7 Å². The predicted octanol–water partition coefficient (Wildman–Crippen LogP) is 5.88. The van der Waals surface area contributed by atoms with E-state index in [4.69, 9.17) is 4.99 Å². The monoisotopic (exact) mass is 271 g/mol. The molecule has 0 bridgehead atoms. The third kappa shape index (κ3) is 2.97. The molecular weight excluding hydrogens is 242 g/mol. The van der Waals surface area contributed by atoms with Gasteiger partial charge in [-0.25, -0.2) is 0 Å². The molecule has 1 aliphatic carbocycles. The van der Waals surface area contributed by atoms with Gasteiger partial charge in [0.2, 0.25) is 0 Å². The van der Waals surface area contributed by atoms with Gasteiger partial charge >= 0.3 is 0 Å². The SMILES string of the molecule is CCC(/N=C(/C)C1(CC)CCCC1)c1ccccc1C. The second-order valence-corrected chi connectivity index (χ2v) is 6.34. The van der Waals surface area contributed by atoms with Crippen molar-refractivity contribution < 1.29 is 0 Å². The maximum Gasteiger partial charge on any atom is 0.0748 e. The van der Waals surface area contributed by atoms with Crippen LogP contribution in [0.3, 0.4) is 0 Å². The van der Waals surface area contributed by atoms with Gasteiger partial charge in [0.05, 0.1) is 6.04 Å². The van der Waals surface area contributed by atoms with Gasteiger partial charge in [-0.2, -0.15) is 0 Å². The summed E-state index contributed by atoms with van der Waals surface area (Å²) in [7, 11) is 0. The lowest BCUT2D eigenvalue weighted by Gasteiger charge is -2.29. The first kappa shape index (κ1) is 15.3. The van der Waals surface area contributed by atoms with Gasteiger partial charge < -0.3 is 0 Å². The molecule has 110 valence electrons. The van der Waals surface area contributed by atoms with Crippen LogP contribution in [0.2, 0.25) is 0 Å². The number of rotatable bonds is 5. The van der Waals surface area contributed by atoms with Gasteiger partial charge in [-0.1, -0.05) is 51.0 Å². The van der Waals surface area contributed by atoms with E-state index in [0.717, 1.165) is 6.42 Å². The van der Waals surface area contributed by atoms with Crippen LogP contribution in [0.1, 0.15) is 76.5 Å². The molecule has 1 nitrogen and oxygen atoms in total. The molecule has 0 aliphatic heterocycles. The number of hydrogen-bond donors (Lipinski definition) is 0. The molecule has 20 heavy (non-hydrogen) atoms. The van der Waals surface area contributed by atoms with Gasteiger partial charge in [0.15, 0.2) is 0 Å². The molecule has 0 heterocycles. The Morgan fingerprint density at radius 3 is 2.40 bits per heavy atom. The van der Waals surface area contributed by atoms with Crippen molar-refractivity contribution in [2.75, 3.05) is 0 Å². The zero-order valence-corrected chi connectivity index (χ0v) is 13.6. The standard InChI is InChI=1S/C19H29N/c1-5-18(17-12-8-7-11-15(17)3)20-16(4)19(6-2)13-9-10-14-19/h7-8,11-12,18H,5-6,9-10,13-14H2,1-4H3/b20-16-. The maximum atomic E-state index is 5.17. The lowest BCUT2D eigenvalue weighted by atomic mass is 9.79. The molecule has 0 N–H and O–H groups in total. The van der Waals surface area contributed by atoms with Crippen LogP contribution < -0.4 is 0 Å². The smallest absolute Gasteiger partial charge is 0.0748 e. The topological polar surface area (TPSA) is 12.4 Å². The third-order valence-corrected chi connectivity index (χ3v) is 5.29. The van der Waals surface area contributed by atoms with Crippen molar-refractivity contribution >= 4 is 5.71 Å². The molecule has 2 rings (SSSR count). The van der Waals surface area contributed by atoms with Crippen LogP contribution in [0.25, 0.3) is 0 Å². The van der Waals surface area contributed by atoms with Gasteiger partial charge in [0, 0.05) is 11.1 Å². The number of hydrogen-bond acceptors (Lipinski definition) is 1. The normalized spacial score (nSPS) is 20.1. The molecule has 0 saturated heterocycles. The first-order valence-electron chi connectivity index (χ1n) is 8.23. The Hall–Kier alpha value is -1.11. The summed E-state index contributed by atoms with van der Waals surface area (Å²) in [4.78, 5) is 5.17.